The van der Waals surface area contributed by atoms with Gasteiger partial charge in [0.1, 0.15) is 0 Å². The van der Waals surface area contributed by atoms with E-state index in [0.29, 0.717) is 13.0 Å². The maximum Gasteiger partial charge on any atom is 0.305 e. The molecule has 0 radical (unpaired) electrons. The molecule has 2 nitrogen and oxygen atoms in total. The van der Waals surface area contributed by atoms with Crippen molar-refractivity contribution in [1.29, 1.82) is 0 Å². The summed E-state index contributed by atoms with van der Waals surface area (Å²) in [4.78, 5) is 12.0. The highest BCUT2D eigenvalue weighted by Crippen LogP contribution is 2.15. The number of ether oxygens (including phenoxy) is 1. The van der Waals surface area contributed by atoms with Crippen LogP contribution in [0.5, 0.6) is 0 Å². The number of hydrogen-bond donors (Lipinski definition) is 0. The predicted molar refractivity (Wildman–Crippen MR) is 188 cm³/mol. The summed E-state index contributed by atoms with van der Waals surface area (Å²) in [5.41, 5.74) is 0. The first kappa shape index (κ1) is 41.2. The third-order valence-corrected chi connectivity index (χ3v) is 8.90. The van der Waals surface area contributed by atoms with Gasteiger partial charge in [-0.1, -0.05) is 199 Å². The number of rotatable bonds is 36. The van der Waals surface area contributed by atoms with E-state index in [9.17, 15) is 4.79 Å². The number of hydrogen-bond acceptors (Lipinski definition) is 2. The van der Waals surface area contributed by atoms with Crippen LogP contribution in [0.25, 0.3) is 0 Å². The van der Waals surface area contributed by atoms with Gasteiger partial charge in [0.15, 0.2) is 0 Å². The summed E-state index contributed by atoms with van der Waals surface area (Å²) in [6.07, 6.45) is 50.0. The van der Waals surface area contributed by atoms with Crippen LogP contribution >= 0.6 is 0 Å². The molecule has 0 aromatic rings. The Morgan fingerprint density at radius 3 is 1.02 bits per heavy atom. The largest absolute Gasteiger partial charge is 0.466 e. The van der Waals surface area contributed by atoms with Gasteiger partial charge in [0.25, 0.3) is 0 Å². The summed E-state index contributed by atoms with van der Waals surface area (Å²) in [7, 11) is 0. The van der Waals surface area contributed by atoms with E-state index >= 15 is 0 Å². The minimum Gasteiger partial charge on any atom is -0.466 e. The van der Waals surface area contributed by atoms with E-state index in [4.69, 9.17) is 4.74 Å². The van der Waals surface area contributed by atoms with Crippen LogP contribution in [0.2, 0.25) is 0 Å². The van der Waals surface area contributed by atoms with Crippen LogP contribution in [0.15, 0.2) is 12.2 Å². The molecular weight excluding hydrogens is 512 g/mol. The normalized spacial score (nSPS) is 11.6. The Bertz CT molecular complexity index is 526. The lowest BCUT2D eigenvalue weighted by atomic mass is 10.0. The van der Waals surface area contributed by atoms with Gasteiger partial charge in [-0.2, -0.15) is 0 Å². The summed E-state index contributed by atoms with van der Waals surface area (Å²) >= 11 is 0. The van der Waals surface area contributed by atoms with E-state index in [1.54, 1.807) is 0 Å². The van der Waals surface area contributed by atoms with E-state index < -0.39 is 0 Å². The maximum absolute atomic E-state index is 12.0. The third kappa shape index (κ3) is 37.2. The fraction of sp³-hybridized carbons (Fsp3) is 0.925. The Morgan fingerprint density at radius 2 is 0.667 bits per heavy atom. The zero-order chi connectivity index (χ0) is 30.4. The van der Waals surface area contributed by atoms with Gasteiger partial charge in [-0.05, 0) is 38.5 Å². The molecule has 0 rings (SSSR count). The van der Waals surface area contributed by atoms with Gasteiger partial charge in [-0.3, -0.25) is 4.79 Å². The zero-order valence-electron chi connectivity index (χ0n) is 29.2. The number of carbonyl (C=O) groups excluding carboxylic acids is 1. The van der Waals surface area contributed by atoms with E-state index in [1.807, 2.05) is 0 Å². The van der Waals surface area contributed by atoms with E-state index in [-0.39, 0.29) is 5.97 Å². The molecule has 0 spiro atoms. The van der Waals surface area contributed by atoms with Crippen molar-refractivity contribution in [3.63, 3.8) is 0 Å². The first-order valence-electron chi connectivity index (χ1n) is 19.6. The molecule has 0 aliphatic carbocycles. The SMILES string of the molecule is CCCCCCCC/C=C\CCCCCCCCCCCC(=O)OCCCCCCCCCCCCCCCCCC. The second kappa shape index (κ2) is 38.2. The lowest BCUT2D eigenvalue weighted by Crippen LogP contribution is -2.05. The lowest BCUT2D eigenvalue weighted by molar-refractivity contribution is -0.143. The fourth-order valence-corrected chi connectivity index (χ4v) is 5.96. The van der Waals surface area contributed by atoms with Gasteiger partial charge in [0, 0.05) is 6.42 Å². The smallest absolute Gasteiger partial charge is 0.305 e. The Kier molecular flexibility index (Phi) is 37.5. The minimum atomic E-state index is 0.0250. The molecule has 0 aliphatic rings. The molecule has 2 heteroatoms. The zero-order valence-corrected chi connectivity index (χ0v) is 29.2. The molecular formula is C40H78O2. The van der Waals surface area contributed by atoms with Gasteiger partial charge in [0.2, 0.25) is 0 Å². The highest BCUT2D eigenvalue weighted by molar-refractivity contribution is 5.69. The molecule has 0 aromatic carbocycles. The standard InChI is InChI=1S/C40H78O2/c1-3-5-7-9-11-13-15-17-19-21-22-23-24-26-28-30-32-34-36-38-40(41)42-39-37-35-33-31-29-27-25-20-18-16-14-12-10-8-6-4-2/h17,19H,3-16,18,20-39H2,1-2H3/b19-17-. The molecule has 0 N–H and O–H groups in total. The molecule has 0 aliphatic heterocycles. The van der Waals surface area contributed by atoms with Gasteiger partial charge in [-0.15, -0.1) is 0 Å². The first-order valence-corrected chi connectivity index (χ1v) is 19.6. The second-order valence-corrected chi connectivity index (χ2v) is 13.3. The van der Waals surface area contributed by atoms with E-state index in [1.165, 1.54) is 199 Å². The molecule has 0 fully saturated rings. The molecule has 42 heavy (non-hydrogen) atoms. The molecule has 0 saturated heterocycles. The number of unbranched alkanes of at least 4 members (excludes halogenated alkanes) is 30. The summed E-state index contributed by atoms with van der Waals surface area (Å²) in [6, 6.07) is 0. The number of esters is 1. The van der Waals surface area contributed by atoms with Crippen LogP contribution in [0.4, 0.5) is 0 Å². The van der Waals surface area contributed by atoms with Crippen LogP contribution < -0.4 is 0 Å². The first-order chi connectivity index (χ1) is 20.8. The highest BCUT2D eigenvalue weighted by atomic mass is 16.5. The molecule has 0 saturated carbocycles. The van der Waals surface area contributed by atoms with Crippen molar-refractivity contribution in [3.05, 3.63) is 12.2 Å². The van der Waals surface area contributed by atoms with Crippen LogP contribution in [0.3, 0.4) is 0 Å². The van der Waals surface area contributed by atoms with Crippen molar-refractivity contribution in [2.75, 3.05) is 6.61 Å². The van der Waals surface area contributed by atoms with E-state index in [0.717, 1.165) is 12.8 Å². The van der Waals surface area contributed by atoms with Crippen molar-refractivity contribution in [2.45, 2.75) is 232 Å². The van der Waals surface area contributed by atoms with Crippen molar-refractivity contribution in [2.24, 2.45) is 0 Å². The quantitative estimate of drug-likeness (QED) is 0.0412. The summed E-state index contributed by atoms with van der Waals surface area (Å²) in [6.45, 7) is 5.21. The molecule has 0 bridgehead atoms. The summed E-state index contributed by atoms with van der Waals surface area (Å²) in [5, 5.41) is 0. The third-order valence-electron chi connectivity index (χ3n) is 8.90. The topological polar surface area (TPSA) is 26.3 Å². The molecule has 0 atom stereocenters. The van der Waals surface area contributed by atoms with Crippen LogP contribution in [-0.4, -0.2) is 12.6 Å². The molecule has 0 heterocycles. The van der Waals surface area contributed by atoms with Gasteiger partial charge in [0.05, 0.1) is 6.61 Å². The predicted octanol–water partition coefficient (Wildman–Crippen LogP) is 14.4. The fourth-order valence-electron chi connectivity index (χ4n) is 5.96. The molecule has 250 valence electrons. The van der Waals surface area contributed by atoms with Gasteiger partial charge < -0.3 is 4.74 Å². The molecule has 0 unspecified atom stereocenters. The Morgan fingerprint density at radius 1 is 0.381 bits per heavy atom. The van der Waals surface area contributed by atoms with Gasteiger partial charge in [-0.25, -0.2) is 0 Å². The van der Waals surface area contributed by atoms with Gasteiger partial charge >= 0.3 is 5.97 Å². The Labute approximate surface area is 266 Å². The number of carbonyl (C=O) groups is 1. The van der Waals surface area contributed by atoms with E-state index in [2.05, 4.69) is 26.0 Å². The van der Waals surface area contributed by atoms with Crippen molar-refractivity contribution >= 4 is 5.97 Å². The molecule has 0 aromatic heterocycles. The van der Waals surface area contributed by atoms with Crippen molar-refractivity contribution in [3.8, 4) is 0 Å². The Hall–Kier alpha value is -0.790. The summed E-state index contributed by atoms with van der Waals surface area (Å²) in [5.74, 6) is 0.0250. The average molecular weight is 591 g/mol. The Balaban J connectivity index is 3.18. The van der Waals surface area contributed by atoms with Crippen LogP contribution in [0, 0.1) is 0 Å². The van der Waals surface area contributed by atoms with Crippen molar-refractivity contribution < 1.29 is 9.53 Å². The lowest BCUT2D eigenvalue weighted by Gasteiger charge is -2.06. The van der Waals surface area contributed by atoms with Crippen LogP contribution in [-0.2, 0) is 9.53 Å². The van der Waals surface area contributed by atoms with Crippen LogP contribution in [0.1, 0.15) is 232 Å². The minimum absolute atomic E-state index is 0.0250. The average Bonchev–Trinajstić information content (AvgIpc) is 3.00. The summed E-state index contributed by atoms with van der Waals surface area (Å²) < 4.78 is 5.45. The number of allylic oxidation sites excluding steroid dienone is 2. The van der Waals surface area contributed by atoms with Crippen molar-refractivity contribution in [1.82, 2.24) is 0 Å². The highest BCUT2D eigenvalue weighted by Gasteiger charge is 2.03. The molecule has 0 amide bonds. The monoisotopic (exact) mass is 591 g/mol. The maximum atomic E-state index is 12.0. The second-order valence-electron chi connectivity index (χ2n) is 13.3.